The Labute approximate surface area is 145 Å². The number of hydrogen-bond donors (Lipinski definition) is 2. The summed E-state index contributed by atoms with van der Waals surface area (Å²) < 4.78 is 1.50. The molecule has 0 aliphatic heterocycles. The van der Waals surface area contributed by atoms with Crippen molar-refractivity contribution in [2.45, 2.75) is 27.9 Å². The fourth-order valence-corrected chi connectivity index (χ4v) is 2.79. The molecule has 0 aliphatic rings. The van der Waals surface area contributed by atoms with Gasteiger partial charge in [0.2, 0.25) is 0 Å². The number of halogens is 1. The van der Waals surface area contributed by atoms with Crippen molar-refractivity contribution in [1.82, 2.24) is 9.38 Å². The summed E-state index contributed by atoms with van der Waals surface area (Å²) in [5, 5.41) is 13.3. The zero-order valence-electron chi connectivity index (χ0n) is 12.8. The lowest BCUT2D eigenvalue weighted by atomic mass is 10.2. The second-order valence-corrected chi connectivity index (χ2v) is 5.84. The predicted octanol–water partition coefficient (Wildman–Crippen LogP) is 3.84. The minimum atomic E-state index is -0.398. The summed E-state index contributed by atoms with van der Waals surface area (Å²) in [6.07, 6.45) is 0. The highest BCUT2D eigenvalue weighted by atomic mass is 35.5. The van der Waals surface area contributed by atoms with E-state index in [0.717, 1.165) is 11.3 Å². The van der Waals surface area contributed by atoms with Crippen LogP contribution >= 0.6 is 11.6 Å². The Morgan fingerprint density at radius 1 is 1.25 bits per heavy atom. The van der Waals surface area contributed by atoms with Crippen LogP contribution in [0.1, 0.15) is 24.2 Å². The number of pyridine rings is 1. The van der Waals surface area contributed by atoms with Crippen LogP contribution in [0.5, 0.6) is 0 Å². The maximum Gasteiger partial charge on any atom is 0.265 e. The summed E-state index contributed by atoms with van der Waals surface area (Å²) in [5.74, 6) is 0.338. The molecule has 3 aromatic rings. The Morgan fingerprint density at radius 2 is 2.00 bits per heavy atom. The molecule has 0 bridgehead atoms. The maximum atomic E-state index is 12.7. The molecule has 24 heavy (non-hydrogen) atoms. The number of benzene rings is 1. The molecule has 0 unspecified atom stereocenters. The average molecular weight is 346 g/mol. The van der Waals surface area contributed by atoms with Gasteiger partial charge in [0.1, 0.15) is 11.5 Å². The standard InChI is InChI=1S/C17H16ClN3O2.CH4/c1-10-6-11(2)21-15(7-10)20-16(14(9-22)17(21)23)19-13-5-3-4-12(18)8-13;/h3-8,19,22H,9H2,1-2H3;1H4. The molecule has 0 fully saturated rings. The summed E-state index contributed by atoms with van der Waals surface area (Å²) in [4.78, 5) is 17.2. The molecule has 0 radical (unpaired) electrons. The first-order valence-electron chi connectivity index (χ1n) is 7.16. The quantitative estimate of drug-likeness (QED) is 0.757. The van der Waals surface area contributed by atoms with Gasteiger partial charge in [-0.25, -0.2) is 4.98 Å². The van der Waals surface area contributed by atoms with Crippen LogP contribution in [-0.4, -0.2) is 14.5 Å². The van der Waals surface area contributed by atoms with E-state index in [0.29, 0.717) is 22.2 Å². The number of aliphatic hydroxyl groups excluding tert-OH is 1. The SMILES string of the molecule is C.Cc1cc(C)n2c(=O)c(CO)c(Nc3cccc(Cl)c3)nc2c1. The summed E-state index contributed by atoms with van der Waals surface area (Å²) >= 11 is 5.98. The minimum Gasteiger partial charge on any atom is -0.391 e. The van der Waals surface area contributed by atoms with Crippen molar-refractivity contribution < 1.29 is 5.11 Å². The van der Waals surface area contributed by atoms with E-state index < -0.39 is 6.61 Å². The van der Waals surface area contributed by atoms with E-state index in [1.54, 1.807) is 18.2 Å². The molecule has 2 heterocycles. The van der Waals surface area contributed by atoms with Gasteiger partial charge < -0.3 is 10.4 Å². The second-order valence-electron chi connectivity index (χ2n) is 5.41. The normalized spacial score (nSPS) is 10.5. The van der Waals surface area contributed by atoms with E-state index in [2.05, 4.69) is 10.3 Å². The van der Waals surface area contributed by atoms with Gasteiger partial charge in [0.05, 0.1) is 12.2 Å². The average Bonchev–Trinajstić information content (AvgIpc) is 2.46. The lowest BCUT2D eigenvalue weighted by molar-refractivity contribution is 0.280. The second kappa shape index (κ2) is 7.03. The molecule has 126 valence electrons. The minimum absolute atomic E-state index is 0. The van der Waals surface area contributed by atoms with Crippen LogP contribution in [0.4, 0.5) is 11.5 Å². The smallest absolute Gasteiger partial charge is 0.265 e. The Balaban J connectivity index is 0.00000208. The van der Waals surface area contributed by atoms with Crippen LogP contribution in [-0.2, 0) is 6.61 Å². The molecule has 0 atom stereocenters. The highest BCUT2D eigenvalue weighted by molar-refractivity contribution is 6.30. The summed E-state index contributed by atoms with van der Waals surface area (Å²) in [5.41, 5.74) is 2.97. The predicted molar refractivity (Wildman–Crippen MR) is 98.3 cm³/mol. The fourth-order valence-electron chi connectivity index (χ4n) is 2.60. The third-order valence-corrected chi connectivity index (χ3v) is 3.83. The Bertz CT molecular complexity index is 951. The van der Waals surface area contributed by atoms with Crippen LogP contribution in [0.25, 0.3) is 5.65 Å². The Hall–Kier alpha value is -2.37. The van der Waals surface area contributed by atoms with Gasteiger partial charge in [-0.1, -0.05) is 25.1 Å². The van der Waals surface area contributed by atoms with Gasteiger partial charge in [-0.2, -0.15) is 0 Å². The molecule has 0 saturated heterocycles. The number of hydrogen-bond acceptors (Lipinski definition) is 4. The van der Waals surface area contributed by atoms with Gasteiger partial charge in [0, 0.05) is 16.4 Å². The molecule has 2 aromatic heterocycles. The number of nitrogens with zero attached hydrogens (tertiary/aromatic N) is 2. The third-order valence-electron chi connectivity index (χ3n) is 3.59. The first-order chi connectivity index (χ1) is 11.0. The van der Waals surface area contributed by atoms with Crippen molar-refractivity contribution in [2.24, 2.45) is 0 Å². The van der Waals surface area contributed by atoms with Gasteiger partial charge in [-0.05, 0) is 49.7 Å². The molecule has 6 heteroatoms. The van der Waals surface area contributed by atoms with E-state index in [1.165, 1.54) is 4.40 Å². The monoisotopic (exact) mass is 345 g/mol. The molecule has 0 spiro atoms. The van der Waals surface area contributed by atoms with Crippen molar-refractivity contribution in [1.29, 1.82) is 0 Å². The number of aryl methyl sites for hydroxylation is 2. The van der Waals surface area contributed by atoms with Gasteiger partial charge in [0.25, 0.3) is 5.56 Å². The van der Waals surface area contributed by atoms with Crippen molar-refractivity contribution in [2.75, 3.05) is 5.32 Å². The summed E-state index contributed by atoms with van der Waals surface area (Å²) in [6, 6.07) is 10.8. The van der Waals surface area contributed by atoms with E-state index in [9.17, 15) is 9.90 Å². The van der Waals surface area contributed by atoms with Crippen LogP contribution in [0.15, 0.2) is 41.2 Å². The van der Waals surface area contributed by atoms with Crippen LogP contribution in [0.3, 0.4) is 0 Å². The molecular formula is C18H20ClN3O2. The zero-order valence-corrected chi connectivity index (χ0v) is 13.6. The molecule has 1 aromatic carbocycles. The molecule has 2 N–H and O–H groups in total. The van der Waals surface area contributed by atoms with Crippen LogP contribution in [0.2, 0.25) is 5.02 Å². The summed E-state index contributed by atoms with van der Waals surface area (Å²) in [7, 11) is 0. The van der Waals surface area contributed by atoms with E-state index in [4.69, 9.17) is 11.6 Å². The van der Waals surface area contributed by atoms with Gasteiger partial charge in [-0.15, -0.1) is 0 Å². The van der Waals surface area contributed by atoms with Gasteiger partial charge >= 0.3 is 0 Å². The maximum absolute atomic E-state index is 12.7. The lowest BCUT2D eigenvalue weighted by Crippen LogP contribution is -2.23. The first-order valence-corrected chi connectivity index (χ1v) is 7.53. The molecular weight excluding hydrogens is 326 g/mol. The molecule has 0 saturated carbocycles. The Morgan fingerprint density at radius 3 is 2.67 bits per heavy atom. The van der Waals surface area contributed by atoms with Gasteiger partial charge in [-0.3, -0.25) is 9.20 Å². The van der Waals surface area contributed by atoms with Crippen LogP contribution < -0.4 is 10.9 Å². The van der Waals surface area contributed by atoms with Crippen molar-refractivity contribution in [3.63, 3.8) is 0 Å². The largest absolute Gasteiger partial charge is 0.391 e. The third kappa shape index (κ3) is 3.27. The number of anilines is 2. The Kier molecular flexibility index (Phi) is 5.26. The number of nitrogens with one attached hydrogen (secondary N) is 1. The highest BCUT2D eigenvalue weighted by Crippen LogP contribution is 2.21. The number of rotatable bonds is 3. The highest BCUT2D eigenvalue weighted by Gasteiger charge is 2.14. The van der Waals surface area contributed by atoms with Crippen molar-refractivity contribution >= 4 is 28.8 Å². The van der Waals surface area contributed by atoms with Crippen molar-refractivity contribution in [3.8, 4) is 0 Å². The first kappa shape index (κ1) is 18.0. The van der Waals surface area contributed by atoms with Crippen molar-refractivity contribution in [3.05, 3.63) is 68.6 Å². The van der Waals surface area contributed by atoms with E-state index in [1.807, 2.05) is 32.0 Å². The van der Waals surface area contributed by atoms with E-state index in [-0.39, 0.29) is 18.5 Å². The van der Waals surface area contributed by atoms with E-state index >= 15 is 0 Å². The molecule has 0 aliphatic carbocycles. The lowest BCUT2D eigenvalue weighted by Gasteiger charge is -2.13. The molecule has 3 rings (SSSR count). The molecule has 5 nitrogen and oxygen atoms in total. The number of fused-ring (bicyclic) bond motifs is 1. The van der Waals surface area contributed by atoms with Crippen LogP contribution in [0, 0.1) is 13.8 Å². The summed E-state index contributed by atoms with van der Waals surface area (Å²) in [6.45, 7) is 3.39. The van der Waals surface area contributed by atoms with Gasteiger partial charge in [0.15, 0.2) is 0 Å². The number of aromatic nitrogens is 2. The zero-order chi connectivity index (χ0) is 16.6. The number of aliphatic hydroxyl groups is 1. The fraction of sp³-hybridized carbons (Fsp3) is 0.222. The topological polar surface area (TPSA) is 66.6 Å². The molecule has 0 amide bonds.